The number of para-hydroxylation sites is 1. The van der Waals surface area contributed by atoms with E-state index in [0.717, 1.165) is 47.4 Å². The highest BCUT2D eigenvalue weighted by Gasteiger charge is 2.29. The lowest BCUT2D eigenvalue weighted by Crippen LogP contribution is -2.39. The van der Waals surface area contributed by atoms with Crippen molar-refractivity contribution in [1.29, 1.82) is 0 Å². The minimum absolute atomic E-state index is 0.0315. The summed E-state index contributed by atoms with van der Waals surface area (Å²) in [5.74, 6) is 2.51. The molecule has 158 valence electrons. The summed E-state index contributed by atoms with van der Waals surface area (Å²) in [6.45, 7) is 1.37. The van der Waals surface area contributed by atoms with E-state index in [4.69, 9.17) is 9.15 Å². The van der Waals surface area contributed by atoms with Crippen LogP contribution in [0.3, 0.4) is 0 Å². The summed E-state index contributed by atoms with van der Waals surface area (Å²) in [7, 11) is 1.66. The van der Waals surface area contributed by atoms with Gasteiger partial charge in [-0.1, -0.05) is 30.3 Å². The van der Waals surface area contributed by atoms with E-state index in [-0.39, 0.29) is 11.8 Å². The number of rotatable bonds is 5. The maximum atomic E-state index is 13.1. The highest BCUT2D eigenvalue weighted by atomic mass is 16.5. The maximum Gasteiger partial charge on any atom is 0.270 e. The summed E-state index contributed by atoms with van der Waals surface area (Å²) in [6.07, 6.45) is 4.36. The number of likely N-dealkylation sites (tertiary alicyclic amines) is 1. The number of H-pyrrole nitrogens is 1. The second-order valence-corrected chi connectivity index (χ2v) is 8.05. The molecule has 2 aromatic heterocycles. The standard InChI is InChI=1S/C25H25N3O3/c1-30-20-9-4-6-17(12-20)13-21-15-26-24(31-21)19-8-5-11-28(16-19)25(29)23-14-18-7-2-3-10-22(18)27-23/h2-4,6-7,9-10,12,14-15,19,27H,5,8,11,13,16H2,1H3/t19-/m1/s1. The van der Waals surface area contributed by atoms with Gasteiger partial charge >= 0.3 is 0 Å². The molecule has 4 aromatic rings. The third-order valence-corrected chi connectivity index (χ3v) is 5.90. The second-order valence-electron chi connectivity index (χ2n) is 8.05. The van der Waals surface area contributed by atoms with Gasteiger partial charge in [-0.3, -0.25) is 4.79 Å². The summed E-state index contributed by atoms with van der Waals surface area (Å²) in [6, 6.07) is 17.8. The van der Waals surface area contributed by atoms with Crippen molar-refractivity contribution in [2.75, 3.05) is 20.2 Å². The van der Waals surface area contributed by atoms with Crippen LogP contribution in [-0.4, -0.2) is 41.0 Å². The molecule has 0 aliphatic carbocycles. The van der Waals surface area contributed by atoms with E-state index in [9.17, 15) is 4.79 Å². The Bertz CT molecular complexity index is 1180. The number of piperidine rings is 1. The van der Waals surface area contributed by atoms with Gasteiger partial charge in [0.2, 0.25) is 0 Å². The number of oxazole rings is 1. The van der Waals surface area contributed by atoms with Crippen molar-refractivity contribution in [3.8, 4) is 5.75 Å². The number of nitrogens with zero attached hydrogens (tertiary/aromatic N) is 2. The summed E-state index contributed by atoms with van der Waals surface area (Å²) in [4.78, 5) is 22.8. The van der Waals surface area contributed by atoms with Gasteiger partial charge in [0.25, 0.3) is 5.91 Å². The van der Waals surface area contributed by atoms with Crippen molar-refractivity contribution in [2.24, 2.45) is 0 Å². The lowest BCUT2D eigenvalue weighted by atomic mass is 9.97. The molecule has 0 saturated carbocycles. The fourth-order valence-electron chi connectivity index (χ4n) is 4.30. The molecule has 1 fully saturated rings. The van der Waals surface area contributed by atoms with Crippen molar-refractivity contribution in [3.05, 3.63) is 83.7 Å². The van der Waals surface area contributed by atoms with E-state index < -0.39 is 0 Å². The van der Waals surface area contributed by atoms with Gasteiger partial charge in [-0.15, -0.1) is 0 Å². The van der Waals surface area contributed by atoms with Crippen LogP contribution in [0, 0.1) is 0 Å². The fraction of sp³-hybridized carbons (Fsp3) is 0.280. The molecule has 1 saturated heterocycles. The third kappa shape index (κ3) is 4.06. The lowest BCUT2D eigenvalue weighted by Gasteiger charge is -2.31. The summed E-state index contributed by atoms with van der Waals surface area (Å²) in [5, 5.41) is 1.05. The molecule has 0 radical (unpaired) electrons. The van der Waals surface area contributed by atoms with Crippen molar-refractivity contribution >= 4 is 16.8 Å². The number of hydrogen-bond acceptors (Lipinski definition) is 4. The van der Waals surface area contributed by atoms with Crippen LogP contribution >= 0.6 is 0 Å². The average molecular weight is 415 g/mol. The smallest absolute Gasteiger partial charge is 0.270 e. The average Bonchev–Trinajstić information content (AvgIpc) is 3.46. The molecular formula is C25H25N3O3. The Morgan fingerprint density at radius 2 is 2.13 bits per heavy atom. The van der Waals surface area contributed by atoms with Crippen LogP contribution in [0.4, 0.5) is 0 Å². The lowest BCUT2D eigenvalue weighted by molar-refractivity contribution is 0.0693. The molecular weight excluding hydrogens is 390 g/mol. The molecule has 6 heteroatoms. The number of methoxy groups -OCH3 is 1. The molecule has 31 heavy (non-hydrogen) atoms. The number of carbonyl (C=O) groups is 1. The van der Waals surface area contributed by atoms with Crippen molar-refractivity contribution in [3.63, 3.8) is 0 Å². The Kier molecular flexibility index (Phi) is 5.20. The molecule has 1 N–H and O–H groups in total. The number of hydrogen-bond donors (Lipinski definition) is 1. The molecule has 1 atom stereocenters. The number of aromatic nitrogens is 2. The van der Waals surface area contributed by atoms with Crippen LogP contribution in [0.5, 0.6) is 5.75 Å². The van der Waals surface area contributed by atoms with Crippen LogP contribution in [0.1, 0.15) is 46.5 Å². The Morgan fingerprint density at radius 1 is 1.23 bits per heavy atom. The van der Waals surface area contributed by atoms with Gasteiger partial charge in [0.05, 0.1) is 19.2 Å². The number of nitrogens with one attached hydrogen (secondary N) is 1. The van der Waals surface area contributed by atoms with E-state index in [0.29, 0.717) is 24.6 Å². The number of ether oxygens (including phenoxy) is 1. The zero-order valence-corrected chi connectivity index (χ0v) is 17.5. The Hall–Kier alpha value is -3.54. The van der Waals surface area contributed by atoms with Crippen molar-refractivity contribution in [2.45, 2.75) is 25.2 Å². The minimum atomic E-state index is 0.0315. The van der Waals surface area contributed by atoms with E-state index in [1.807, 2.05) is 59.5 Å². The van der Waals surface area contributed by atoms with Crippen LogP contribution in [0.2, 0.25) is 0 Å². The molecule has 0 spiro atoms. The van der Waals surface area contributed by atoms with Crippen LogP contribution < -0.4 is 4.74 Å². The van der Waals surface area contributed by atoms with Gasteiger partial charge in [0.15, 0.2) is 5.89 Å². The Balaban J connectivity index is 1.28. The summed E-state index contributed by atoms with van der Waals surface area (Å²) < 4.78 is 11.4. The Labute approximate surface area is 180 Å². The number of aromatic amines is 1. The molecule has 1 aliphatic rings. The zero-order chi connectivity index (χ0) is 21.2. The molecule has 3 heterocycles. The first-order valence-electron chi connectivity index (χ1n) is 10.6. The molecule has 1 aliphatic heterocycles. The minimum Gasteiger partial charge on any atom is -0.497 e. The maximum absolute atomic E-state index is 13.1. The Morgan fingerprint density at radius 3 is 3.00 bits per heavy atom. The highest BCUT2D eigenvalue weighted by Crippen LogP contribution is 2.29. The first-order chi connectivity index (χ1) is 15.2. The quantitative estimate of drug-likeness (QED) is 0.509. The predicted molar refractivity (Wildman–Crippen MR) is 118 cm³/mol. The van der Waals surface area contributed by atoms with Gasteiger partial charge in [-0.2, -0.15) is 0 Å². The van der Waals surface area contributed by atoms with Gasteiger partial charge < -0.3 is 19.0 Å². The molecule has 1 amide bonds. The van der Waals surface area contributed by atoms with Gasteiger partial charge in [-0.25, -0.2) is 4.98 Å². The normalized spacial score (nSPS) is 16.5. The van der Waals surface area contributed by atoms with E-state index >= 15 is 0 Å². The van der Waals surface area contributed by atoms with Crippen LogP contribution in [0.25, 0.3) is 10.9 Å². The number of carbonyl (C=O) groups excluding carboxylic acids is 1. The number of benzene rings is 2. The predicted octanol–water partition coefficient (Wildman–Crippen LogP) is 4.78. The summed E-state index contributed by atoms with van der Waals surface area (Å²) in [5.41, 5.74) is 2.73. The van der Waals surface area contributed by atoms with E-state index in [1.165, 1.54) is 0 Å². The van der Waals surface area contributed by atoms with Gasteiger partial charge in [0.1, 0.15) is 17.2 Å². The van der Waals surface area contributed by atoms with Gasteiger partial charge in [0, 0.05) is 30.4 Å². The first-order valence-corrected chi connectivity index (χ1v) is 10.6. The first kappa shape index (κ1) is 19.4. The SMILES string of the molecule is COc1cccc(Cc2cnc([C@@H]3CCCN(C(=O)c4cc5ccccc5[nH]4)C3)o2)c1. The largest absolute Gasteiger partial charge is 0.497 e. The van der Waals surface area contributed by atoms with E-state index in [1.54, 1.807) is 13.3 Å². The topological polar surface area (TPSA) is 71.4 Å². The molecule has 0 bridgehead atoms. The van der Waals surface area contributed by atoms with E-state index in [2.05, 4.69) is 9.97 Å². The van der Waals surface area contributed by atoms with Crippen molar-refractivity contribution < 1.29 is 13.9 Å². The van der Waals surface area contributed by atoms with Crippen LogP contribution in [0.15, 0.2) is 65.2 Å². The number of fused-ring (bicyclic) bond motifs is 1. The second kappa shape index (κ2) is 8.30. The van der Waals surface area contributed by atoms with Crippen LogP contribution in [-0.2, 0) is 6.42 Å². The molecule has 5 rings (SSSR count). The zero-order valence-electron chi connectivity index (χ0n) is 17.5. The van der Waals surface area contributed by atoms with Crippen molar-refractivity contribution in [1.82, 2.24) is 14.9 Å². The van der Waals surface area contributed by atoms with Gasteiger partial charge in [-0.05, 0) is 42.7 Å². The summed E-state index contributed by atoms with van der Waals surface area (Å²) >= 11 is 0. The fourth-order valence-corrected chi connectivity index (χ4v) is 4.30. The highest BCUT2D eigenvalue weighted by molar-refractivity contribution is 5.98. The monoisotopic (exact) mass is 415 g/mol. The molecule has 2 aromatic carbocycles. The number of amides is 1. The molecule has 6 nitrogen and oxygen atoms in total. The third-order valence-electron chi connectivity index (χ3n) is 5.90. The molecule has 0 unspecified atom stereocenters.